The first-order valence-electron chi connectivity index (χ1n) is 7.33. The molecule has 0 aliphatic carbocycles. The van der Waals surface area contributed by atoms with E-state index in [1.54, 1.807) is 17.8 Å². The Morgan fingerprint density at radius 3 is 2.38 bits per heavy atom. The Labute approximate surface area is 131 Å². The lowest BCUT2D eigenvalue weighted by Gasteiger charge is -2.25. The summed E-state index contributed by atoms with van der Waals surface area (Å²) in [6.07, 6.45) is 0. The molecule has 3 heteroatoms. The van der Waals surface area contributed by atoms with Crippen molar-refractivity contribution >= 4 is 11.8 Å². The number of thioether (sulfide) groups is 1. The number of hydrogen-bond acceptors (Lipinski definition) is 2. The van der Waals surface area contributed by atoms with E-state index < -0.39 is 0 Å². The van der Waals surface area contributed by atoms with Crippen molar-refractivity contribution in [2.45, 2.75) is 37.0 Å². The molecule has 21 heavy (non-hydrogen) atoms. The van der Waals surface area contributed by atoms with Gasteiger partial charge in [0.15, 0.2) is 0 Å². The highest BCUT2D eigenvalue weighted by atomic mass is 32.2. The summed E-state index contributed by atoms with van der Waals surface area (Å²) in [4.78, 5) is 0.708. The summed E-state index contributed by atoms with van der Waals surface area (Å²) in [6.45, 7) is 7.22. The van der Waals surface area contributed by atoms with Gasteiger partial charge >= 0.3 is 0 Å². The fraction of sp³-hybridized carbons (Fsp3) is 0.333. The summed E-state index contributed by atoms with van der Waals surface area (Å²) < 4.78 is 13.8. The topological polar surface area (TPSA) is 12.0 Å². The molecule has 0 aromatic heterocycles. The van der Waals surface area contributed by atoms with Crippen LogP contribution in [0.15, 0.2) is 53.4 Å². The SMILES string of the molecule is CCNC(c1ccc(C)cc1)C(C)Sc1ccccc1F. The number of hydrogen-bond donors (Lipinski definition) is 1. The monoisotopic (exact) mass is 303 g/mol. The van der Waals surface area contributed by atoms with Gasteiger partial charge in [0.1, 0.15) is 5.82 Å². The zero-order valence-corrected chi connectivity index (χ0v) is 13.6. The molecular formula is C18H22FNS. The second kappa shape index (κ2) is 7.62. The van der Waals surface area contributed by atoms with E-state index in [1.807, 2.05) is 12.1 Å². The Bertz CT molecular complexity index is 568. The van der Waals surface area contributed by atoms with Crippen LogP contribution in [0.5, 0.6) is 0 Å². The summed E-state index contributed by atoms with van der Waals surface area (Å²) in [5.74, 6) is -0.145. The Morgan fingerprint density at radius 2 is 1.76 bits per heavy atom. The van der Waals surface area contributed by atoms with Gasteiger partial charge in [0.25, 0.3) is 0 Å². The summed E-state index contributed by atoms with van der Waals surface area (Å²) >= 11 is 1.58. The predicted octanol–water partition coefficient (Wildman–Crippen LogP) is 4.97. The third-order valence-corrected chi connectivity index (χ3v) is 4.71. The van der Waals surface area contributed by atoms with E-state index in [2.05, 4.69) is 50.4 Å². The van der Waals surface area contributed by atoms with E-state index in [-0.39, 0.29) is 17.1 Å². The molecular weight excluding hydrogens is 281 g/mol. The molecule has 0 aliphatic heterocycles. The average Bonchev–Trinajstić information content (AvgIpc) is 2.48. The maximum atomic E-state index is 13.8. The van der Waals surface area contributed by atoms with Gasteiger partial charge in [0.2, 0.25) is 0 Å². The molecule has 0 saturated heterocycles. The van der Waals surface area contributed by atoms with Crippen LogP contribution in [0.1, 0.15) is 31.0 Å². The van der Waals surface area contributed by atoms with Crippen molar-refractivity contribution in [3.8, 4) is 0 Å². The molecule has 0 bridgehead atoms. The van der Waals surface area contributed by atoms with E-state index in [0.717, 1.165) is 6.54 Å². The predicted molar refractivity (Wildman–Crippen MR) is 89.3 cm³/mol. The smallest absolute Gasteiger partial charge is 0.136 e. The molecule has 0 aliphatic rings. The summed E-state index contributed by atoms with van der Waals surface area (Å²) in [5, 5.41) is 3.75. The highest BCUT2D eigenvalue weighted by molar-refractivity contribution is 8.00. The fourth-order valence-corrected chi connectivity index (χ4v) is 3.48. The van der Waals surface area contributed by atoms with Gasteiger partial charge in [0, 0.05) is 16.2 Å². The van der Waals surface area contributed by atoms with Crippen LogP contribution in [0, 0.1) is 12.7 Å². The minimum atomic E-state index is -0.145. The molecule has 0 heterocycles. The summed E-state index contributed by atoms with van der Waals surface area (Å²) in [7, 11) is 0. The molecule has 2 unspecified atom stereocenters. The van der Waals surface area contributed by atoms with Gasteiger partial charge in [-0.2, -0.15) is 0 Å². The highest BCUT2D eigenvalue weighted by Gasteiger charge is 2.20. The number of nitrogens with one attached hydrogen (secondary N) is 1. The Morgan fingerprint density at radius 1 is 1.10 bits per heavy atom. The van der Waals surface area contributed by atoms with Crippen LogP contribution < -0.4 is 5.32 Å². The average molecular weight is 303 g/mol. The second-order valence-electron chi connectivity index (χ2n) is 5.20. The lowest BCUT2D eigenvalue weighted by molar-refractivity contribution is 0.546. The largest absolute Gasteiger partial charge is 0.309 e. The minimum absolute atomic E-state index is 0.145. The van der Waals surface area contributed by atoms with Gasteiger partial charge in [-0.25, -0.2) is 4.39 Å². The lowest BCUT2D eigenvalue weighted by Crippen LogP contribution is -2.28. The molecule has 2 atom stereocenters. The van der Waals surface area contributed by atoms with Gasteiger partial charge in [0.05, 0.1) is 0 Å². The van der Waals surface area contributed by atoms with Crippen molar-refractivity contribution in [2.24, 2.45) is 0 Å². The number of rotatable bonds is 6. The van der Waals surface area contributed by atoms with Crippen molar-refractivity contribution in [1.82, 2.24) is 5.32 Å². The second-order valence-corrected chi connectivity index (χ2v) is 6.62. The number of benzene rings is 2. The van der Waals surface area contributed by atoms with Crippen molar-refractivity contribution < 1.29 is 4.39 Å². The molecule has 0 spiro atoms. The Kier molecular flexibility index (Phi) is 5.83. The minimum Gasteiger partial charge on any atom is -0.309 e. The van der Waals surface area contributed by atoms with E-state index in [0.29, 0.717) is 4.90 Å². The third-order valence-electron chi connectivity index (χ3n) is 3.48. The molecule has 2 aromatic carbocycles. The molecule has 1 N–H and O–H groups in total. The molecule has 0 radical (unpaired) electrons. The Hall–Kier alpha value is -1.32. The number of halogens is 1. The molecule has 2 rings (SSSR count). The maximum absolute atomic E-state index is 13.8. The van der Waals surface area contributed by atoms with Crippen molar-refractivity contribution in [3.05, 3.63) is 65.5 Å². The van der Waals surface area contributed by atoms with Crippen LogP contribution in [-0.2, 0) is 0 Å². The quantitative estimate of drug-likeness (QED) is 0.757. The fourth-order valence-electron chi connectivity index (χ4n) is 2.36. The molecule has 0 fully saturated rings. The lowest BCUT2D eigenvalue weighted by atomic mass is 10.0. The van der Waals surface area contributed by atoms with Crippen molar-refractivity contribution in [3.63, 3.8) is 0 Å². The van der Waals surface area contributed by atoms with Crippen LogP contribution in [-0.4, -0.2) is 11.8 Å². The number of aryl methyl sites for hydroxylation is 1. The van der Waals surface area contributed by atoms with E-state index in [4.69, 9.17) is 0 Å². The Balaban J connectivity index is 2.17. The van der Waals surface area contributed by atoms with Crippen LogP contribution >= 0.6 is 11.8 Å². The van der Waals surface area contributed by atoms with Crippen LogP contribution in [0.4, 0.5) is 4.39 Å². The first kappa shape index (κ1) is 16.1. The van der Waals surface area contributed by atoms with Gasteiger partial charge in [-0.1, -0.05) is 55.8 Å². The summed E-state index contributed by atoms with van der Waals surface area (Å²) in [5.41, 5.74) is 2.50. The normalized spacial score (nSPS) is 13.9. The standard InChI is InChI=1S/C18H22FNS/c1-4-20-18(15-11-9-13(2)10-12-15)14(3)21-17-8-6-5-7-16(17)19/h5-12,14,18,20H,4H2,1-3H3. The molecule has 2 aromatic rings. The molecule has 1 nitrogen and oxygen atoms in total. The zero-order valence-electron chi connectivity index (χ0n) is 12.8. The first-order valence-corrected chi connectivity index (χ1v) is 8.21. The maximum Gasteiger partial charge on any atom is 0.136 e. The van der Waals surface area contributed by atoms with Gasteiger partial charge in [-0.05, 0) is 31.2 Å². The molecule has 0 saturated carbocycles. The first-order chi connectivity index (χ1) is 10.1. The van der Waals surface area contributed by atoms with Gasteiger partial charge < -0.3 is 5.32 Å². The molecule has 0 amide bonds. The third kappa shape index (κ3) is 4.32. The molecule has 112 valence electrons. The van der Waals surface area contributed by atoms with Gasteiger partial charge in [-0.15, -0.1) is 11.8 Å². The van der Waals surface area contributed by atoms with E-state index >= 15 is 0 Å². The van der Waals surface area contributed by atoms with E-state index in [9.17, 15) is 4.39 Å². The van der Waals surface area contributed by atoms with Crippen LogP contribution in [0.25, 0.3) is 0 Å². The van der Waals surface area contributed by atoms with Crippen LogP contribution in [0.3, 0.4) is 0 Å². The zero-order chi connectivity index (χ0) is 15.2. The van der Waals surface area contributed by atoms with Gasteiger partial charge in [-0.3, -0.25) is 0 Å². The van der Waals surface area contributed by atoms with Crippen LogP contribution in [0.2, 0.25) is 0 Å². The van der Waals surface area contributed by atoms with E-state index in [1.165, 1.54) is 17.2 Å². The van der Waals surface area contributed by atoms with Crippen molar-refractivity contribution in [1.29, 1.82) is 0 Å². The summed E-state index contributed by atoms with van der Waals surface area (Å²) in [6, 6.07) is 15.7. The van der Waals surface area contributed by atoms with Crippen molar-refractivity contribution in [2.75, 3.05) is 6.54 Å². The highest BCUT2D eigenvalue weighted by Crippen LogP contribution is 2.33.